The van der Waals surface area contributed by atoms with E-state index in [1.165, 1.54) is 68.9 Å². The van der Waals surface area contributed by atoms with Gasteiger partial charge < -0.3 is 4.74 Å². The topological polar surface area (TPSA) is 9.23 Å². The van der Waals surface area contributed by atoms with Gasteiger partial charge in [-0.15, -0.1) is 0 Å². The van der Waals surface area contributed by atoms with Crippen LogP contribution < -0.4 is 0 Å². The lowest BCUT2D eigenvalue weighted by molar-refractivity contribution is -0.244. The standard InChI is InChI=1S/C30H40F2O/c1-3-23-6-14-27(15-7-23)29-18-10-25(11-19-29)21-33-30(31,32)20-24-8-16-28(17-9-24)26-12-4-22(2)5-13-26/h8-11,16-19,22-23,26-27H,3-7,12-15,20-21H2,1-2H3. The van der Waals surface area contributed by atoms with Crippen molar-refractivity contribution < 1.29 is 13.5 Å². The Morgan fingerprint density at radius 3 is 1.73 bits per heavy atom. The Morgan fingerprint density at radius 2 is 1.21 bits per heavy atom. The van der Waals surface area contributed by atoms with Crippen molar-refractivity contribution in [2.24, 2.45) is 11.8 Å². The summed E-state index contributed by atoms with van der Waals surface area (Å²) in [6, 6.07) is 15.9. The second-order valence-corrected chi connectivity index (χ2v) is 10.7. The second-order valence-electron chi connectivity index (χ2n) is 10.7. The first-order valence-electron chi connectivity index (χ1n) is 13.1. The average Bonchev–Trinajstić information content (AvgIpc) is 2.84. The van der Waals surface area contributed by atoms with E-state index in [0.29, 0.717) is 17.4 Å². The van der Waals surface area contributed by atoms with Gasteiger partial charge in [0.2, 0.25) is 0 Å². The maximum absolute atomic E-state index is 14.5. The van der Waals surface area contributed by atoms with Gasteiger partial charge in [0.25, 0.3) is 0 Å². The van der Waals surface area contributed by atoms with Gasteiger partial charge in [-0.1, -0.05) is 81.6 Å². The molecular weight excluding hydrogens is 414 g/mol. The fourth-order valence-corrected chi connectivity index (χ4v) is 5.77. The van der Waals surface area contributed by atoms with E-state index >= 15 is 0 Å². The number of halogens is 2. The Labute approximate surface area is 198 Å². The van der Waals surface area contributed by atoms with Gasteiger partial charge in [0.15, 0.2) is 0 Å². The molecule has 2 aliphatic carbocycles. The summed E-state index contributed by atoms with van der Waals surface area (Å²) in [4.78, 5) is 0. The van der Waals surface area contributed by atoms with Crippen molar-refractivity contribution in [1.29, 1.82) is 0 Å². The Kier molecular flexibility index (Phi) is 8.22. The molecule has 2 saturated carbocycles. The van der Waals surface area contributed by atoms with Crippen LogP contribution >= 0.6 is 0 Å². The number of alkyl halides is 2. The van der Waals surface area contributed by atoms with E-state index in [1.807, 2.05) is 36.4 Å². The third kappa shape index (κ3) is 6.88. The lowest BCUT2D eigenvalue weighted by Gasteiger charge is -2.28. The number of benzene rings is 2. The lowest BCUT2D eigenvalue weighted by atomic mass is 9.78. The first kappa shape index (κ1) is 24.4. The molecule has 0 N–H and O–H groups in total. The van der Waals surface area contributed by atoms with Gasteiger partial charge in [-0.05, 0) is 84.5 Å². The molecule has 3 heteroatoms. The van der Waals surface area contributed by atoms with E-state index in [2.05, 4.69) is 26.0 Å². The SMILES string of the molecule is CCC1CCC(c2ccc(COC(F)(F)Cc3ccc(C4CCC(C)CC4)cc3)cc2)CC1. The maximum Gasteiger partial charge on any atom is 0.360 e. The zero-order chi connectivity index (χ0) is 23.3. The Bertz CT molecular complexity index is 842. The summed E-state index contributed by atoms with van der Waals surface area (Å²) in [6.45, 7) is 4.53. The van der Waals surface area contributed by atoms with Crippen LogP contribution in [0.15, 0.2) is 48.5 Å². The van der Waals surface area contributed by atoms with Crippen molar-refractivity contribution in [1.82, 2.24) is 0 Å². The van der Waals surface area contributed by atoms with Gasteiger partial charge in [-0.2, -0.15) is 8.78 Å². The first-order valence-corrected chi connectivity index (χ1v) is 13.1. The fraction of sp³-hybridized carbons (Fsp3) is 0.600. The monoisotopic (exact) mass is 454 g/mol. The van der Waals surface area contributed by atoms with Crippen molar-refractivity contribution in [3.63, 3.8) is 0 Å². The van der Waals surface area contributed by atoms with Crippen LogP contribution in [-0.2, 0) is 17.8 Å². The minimum atomic E-state index is -3.17. The molecule has 0 radical (unpaired) electrons. The van der Waals surface area contributed by atoms with Crippen molar-refractivity contribution in [3.8, 4) is 0 Å². The summed E-state index contributed by atoms with van der Waals surface area (Å²) in [5.74, 6) is 2.89. The second kappa shape index (κ2) is 11.1. The largest absolute Gasteiger partial charge is 0.360 e. The van der Waals surface area contributed by atoms with Crippen LogP contribution in [-0.4, -0.2) is 6.11 Å². The highest BCUT2D eigenvalue weighted by atomic mass is 19.3. The van der Waals surface area contributed by atoms with Gasteiger partial charge in [-0.3, -0.25) is 0 Å². The zero-order valence-electron chi connectivity index (χ0n) is 20.4. The zero-order valence-corrected chi connectivity index (χ0v) is 20.4. The summed E-state index contributed by atoms with van der Waals surface area (Å²) in [7, 11) is 0. The van der Waals surface area contributed by atoms with Crippen LogP contribution in [0.3, 0.4) is 0 Å². The van der Waals surface area contributed by atoms with E-state index in [4.69, 9.17) is 4.74 Å². The molecule has 2 fully saturated rings. The summed E-state index contributed by atoms with van der Waals surface area (Å²) in [5, 5.41) is 0. The van der Waals surface area contributed by atoms with Crippen LogP contribution in [0.4, 0.5) is 8.78 Å². The van der Waals surface area contributed by atoms with Crippen LogP contribution in [0.25, 0.3) is 0 Å². The van der Waals surface area contributed by atoms with Gasteiger partial charge >= 0.3 is 6.11 Å². The minimum absolute atomic E-state index is 0.0613. The molecule has 0 aliphatic heterocycles. The molecule has 0 unspecified atom stereocenters. The average molecular weight is 455 g/mol. The third-order valence-electron chi connectivity index (χ3n) is 8.20. The smallest absolute Gasteiger partial charge is 0.315 e. The molecule has 2 aromatic rings. The Hall–Kier alpha value is -1.74. The molecule has 2 aliphatic rings. The predicted molar refractivity (Wildman–Crippen MR) is 132 cm³/mol. The van der Waals surface area contributed by atoms with Crippen LogP contribution in [0.5, 0.6) is 0 Å². The van der Waals surface area contributed by atoms with Gasteiger partial charge in [0.05, 0.1) is 13.0 Å². The highest BCUT2D eigenvalue weighted by Gasteiger charge is 2.31. The molecule has 0 amide bonds. The number of hydrogen-bond donors (Lipinski definition) is 0. The molecule has 0 saturated heterocycles. The normalized spacial score (nSPS) is 26.3. The molecular formula is C30H40F2O. The Morgan fingerprint density at radius 1 is 0.727 bits per heavy atom. The highest BCUT2D eigenvalue weighted by Crippen LogP contribution is 2.37. The summed E-state index contributed by atoms with van der Waals surface area (Å²) in [5.41, 5.74) is 4.07. The lowest BCUT2D eigenvalue weighted by Crippen LogP contribution is -2.23. The summed E-state index contributed by atoms with van der Waals surface area (Å²) >= 11 is 0. The minimum Gasteiger partial charge on any atom is -0.315 e. The van der Waals surface area contributed by atoms with Crippen LogP contribution in [0.1, 0.15) is 106 Å². The number of hydrogen-bond acceptors (Lipinski definition) is 1. The molecule has 0 spiro atoms. The molecule has 0 atom stereocenters. The summed E-state index contributed by atoms with van der Waals surface area (Å²) in [6.07, 6.45) is 7.76. The number of ether oxygens (including phenoxy) is 1. The van der Waals surface area contributed by atoms with Gasteiger partial charge in [0, 0.05) is 0 Å². The molecule has 2 aromatic carbocycles. The maximum atomic E-state index is 14.5. The van der Waals surface area contributed by atoms with E-state index in [0.717, 1.165) is 17.4 Å². The molecule has 0 aromatic heterocycles. The van der Waals surface area contributed by atoms with E-state index in [1.54, 1.807) is 0 Å². The van der Waals surface area contributed by atoms with Crippen LogP contribution in [0.2, 0.25) is 0 Å². The van der Waals surface area contributed by atoms with Gasteiger partial charge in [0.1, 0.15) is 0 Å². The van der Waals surface area contributed by atoms with Gasteiger partial charge in [-0.25, -0.2) is 0 Å². The molecule has 0 heterocycles. The van der Waals surface area contributed by atoms with Crippen molar-refractivity contribution >= 4 is 0 Å². The van der Waals surface area contributed by atoms with Crippen molar-refractivity contribution in [2.75, 3.05) is 0 Å². The fourth-order valence-electron chi connectivity index (χ4n) is 5.77. The molecule has 33 heavy (non-hydrogen) atoms. The van der Waals surface area contributed by atoms with E-state index in [9.17, 15) is 8.78 Å². The molecule has 0 bridgehead atoms. The first-order chi connectivity index (χ1) is 15.9. The quantitative estimate of drug-likeness (QED) is 0.386. The molecule has 4 rings (SSSR count). The molecule has 1 nitrogen and oxygen atoms in total. The van der Waals surface area contributed by atoms with Crippen LogP contribution in [0, 0.1) is 11.8 Å². The van der Waals surface area contributed by atoms with E-state index < -0.39 is 6.11 Å². The van der Waals surface area contributed by atoms with E-state index in [-0.39, 0.29) is 13.0 Å². The Balaban J connectivity index is 1.26. The van der Waals surface area contributed by atoms with Crippen molar-refractivity contribution in [2.45, 2.75) is 103 Å². The third-order valence-corrected chi connectivity index (χ3v) is 8.20. The van der Waals surface area contributed by atoms with Crippen molar-refractivity contribution in [3.05, 3.63) is 70.8 Å². The predicted octanol–water partition coefficient (Wildman–Crippen LogP) is 9.02. The highest BCUT2D eigenvalue weighted by molar-refractivity contribution is 5.27. The number of rotatable bonds is 8. The molecule has 180 valence electrons. The summed E-state index contributed by atoms with van der Waals surface area (Å²) < 4.78 is 34.1.